The van der Waals surface area contributed by atoms with Gasteiger partial charge in [-0.1, -0.05) is 30.0 Å². The minimum atomic E-state index is -2.37. The predicted molar refractivity (Wildman–Crippen MR) is 110 cm³/mol. The van der Waals surface area contributed by atoms with Crippen molar-refractivity contribution in [2.24, 2.45) is 11.8 Å². The van der Waals surface area contributed by atoms with Gasteiger partial charge in [-0.25, -0.2) is 14.2 Å². The number of aliphatic hydroxyl groups is 1. The highest BCUT2D eigenvalue weighted by Crippen LogP contribution is 2.31. The van der Waals surface area contributed by atoms with Crippen molar-refractivity contribution in [3.63, 3.8) is 0 Å². The van der Waals surface area contributed by atoms with E-state index in [2.05, 4.69) is 4.98 Å². The molecular weight excluding hydrogens is 439 g/mol. The monoisotopic (exact) mass is 461 g/mol. The second-order valence-electron chi connectivity index (χ2n) is 7.18. The molecule has 0 fully saturated rings. The van der Waals surface area contributed by atoms with Gasteiger partial charge in [0, 0.05) is 29.4 Å². The number of hydrogen-bond acceptors (Lipinski definition) is 6. The predicted octanol–water partition coefficient (Wildman–Crippen LogP) is 5.25. The molecular formula is C20H22F3NO4S2. The number of hydrogen-bond donors (Lipinski definition) is 2. The number of allylic oxidation sites excluding steroid dienone is 4. The summed E-state index contributed by atoms with van der Waals surface area (Å²) in [4.78, 5) is 27.0. The number of thiazole rings is 1. The van der Waals surface area contributed by atoms with Crippen LogP contribution < -0.4 is 0 Å². The molecule has 1 aliphatic carbocycles. The van der Waals surface area contributed by atoms with Crippen LogP contribution in [0.15, 0.2) is 45.9 Å². The van der Waals surface area contributed by atoms with E-state index in [4.69, 9.17) is 5.11 Å². The van der Waals surface area contributed by atoms with Crippen LogP contribution in [0.5, 0.6) is 0 Å². The smallest absolute Gasteiger partial charge is 0.355 e. The molecule has 164 valence electrons. The molecule has 1 heterocycles. The number of aromatic carboxylic acids is 1. The zero-order chi connectivity index (χ0) is 22.3. The molecule has 5 nitrogen and oxygen atoms in total. The Bertz CT molecular complexity index is 860. The maximum absolute atomic E-state index is 12.9. The van der Waals surface area contributed by atoms with Crippen LogP contribution in [0.4, 0.5) is 13.2 Å². The molecule has 0 radical (unpaired) electrons. The topological polar surface area (TPSA) is 87.5 Å². The lowest BCUT2D eigenvalue weighted by molar-refractivity contribution is -0.118. The van der Waals surface area contributed by atoms with E-state index < -0.39 is 29.9 Å². The summed E-state index contributed by atoms with van der Waals surface area (Å²) in [6.45, 7) is 1.45. The molecule has 0 spiro atoms. The van der Waals surface area contributed by atoms with Crippen molar-refractivity contribution in [2.75, 3.05) is 5.75 Å². The first kappa shape index (κ1) is 24.4. The molecule has 3 atom stereocenters. The zero-order valence-corrected chi connectivity index (χ0v) is 17.8. The van der Waals surface area contributed by atoms with Crippen LogP contribution in [-0.2, 0) is 4.79 Å². The standard InChI is InChI=1S/C20H22F3NO4S2/c1-20(28,9-6-14(21)17(22)23)8-2-3-12-4-5-16(25)13(12)7-10-29-19-24-15(11-30-19)18(26)27/h2-5,11-13,28H,6-10H2,1H3,(H,26,27)/t12-,13+,20+/m0/s1. The van der Waals surface area contributed by atoms with Crippen molar-refractivity contribution in [1.82, 2.24) is 4.98 Å². The summed E-state index contributed by atoms with van der Waals surface area (Å²) in [5.74, 6) is -2.43. The molecule has 2 rings (SSSR count). The highest BCUT2D eigenvalue weighted by Gasteiger charge is 2.28. The van der Waals surface area contributed by atoms with Crippen LogP contribution in [0.3, 0.4) is 0 Å². The summed E-state index contributed by atoms with van der Waals surface area (Å²) in [5.41, 5.74) is -1.34. The minimum absolute atomic E-state index is 0.00130. The van der Waals surface area contributed by atoms with Crippen molar-refractivity contribution in [3.8, 4) is 0 Å². The van der Waals surface area contributed by atoms with Gasteiger partial charge < -0.3 is 10.2 Å². The van der Waals surface area contributed by atoms with E-state index in [-0.39, 0.29) is 36.2 Å². The fourth-order valence-electron chi connectivity index (χ4n) is 2.94. The number of thioether (sulfide) groups is 1. The van der Waals surface area contributed by atoms with Gasteiger partial charge in [0.15, 0.2) is 21.6 Å². The lowest BCUT2D eigenvalue weighted by Crippen LogP contribution is -2.23. The second-order valence-corrected chi connectivity index (χ2v) is 9.38. The molecule has 2 N–H and O–H groups in total. The molecule has 1 aromatic heterocycles. The van der Waals surface area contributed by atoms with Gasteiger partial charge in [-0.05, 0) is 32.3 Å². The molecule has 0 saturated carbocycles. The van der Waals surface area contributed by atoms with E-state index >= 15 is 0 Å². The number of carboxylic acids is 1. The summed E-state index contributed by atoms with van der Waals surface area (Å²) in [6, 6.07) is 0. The van der Waals surface area contributed by atoms with Crippen molar-refractivity contribution < 1.29 is 33.0 Å². The Hall–Kier alpha value is -1.91. The van der Waals surface area contributed by atoms with Gasteiger partial charge in [0.1, 0.15) is 0 Å². The van der Waals surface area contributed by atoms with Crippen molar-refractivity contribution >= 4 is 34.9 Å². The molecule has 0 aliphatic heterocycles. The molecule has 30 heavy (non-hydrogen) atoms. The Morgan fingerprint density at radius 3 is 2.77 bits per heavy atom. The van der Waals surface area contributed by atoms with Crippen LogP contribution in [0.2, 0.25) is 0 Å². The van der Waals surface area contributed by atoms with Gasteiger partial charge >= 0.3 is 12.0 Å². The highest BCUT2D eigenvalue weighted by molar-refractivity contribution is 8.01. The summed E-state index contributed by atoms with van der Waals surface area (Å²) >= 11 is 2.63. The summed E-state index contributed by atoms with van der Waals surface area (Å²) in [5, 5.41) is 20.6. The van der Waals surface area contributed by atoms with Crippen LogP contribution in [0.25, 0.3) is 0 Å². The molecule has 0 amide bonds. The molecule has 0 unspecified atom stereocenters. The maximum atomic E-state index is 12.9. The molecule has 0 aromatic carbocycles. The van der Waals surface area contributed by atoms with Crippen LogP contribution in [0, 0.1) is 11.8 Å². The van der Waals surface area contributed by atoms with E-state index in [0.717, 1.165) is 0 Å². The number of carbonyl (C=O) groups excluding carboxylic acids is 1. The Balaban J connectivity index is 1.83. The van der Waals surface area contributed by atoms with Crippen molar-refractivity contribution in [3.05, 3.63) is 47.3 Å². The number of nitrogens with zero attached hydrogens (tertiary/aromatic N) is 1. The van der Waals surface area contributed by atoms with E-state index in [9.17, 15) is 27.9 Å². The van der Waals surface area contributed by atoms with Crippen molar-refractivity contribution in [2.45, 2.75) is 42.5 Å². The SMILES string of the molecule is C[C@@](O)(CC=C[C@H]1C=CC(=O)[C@@H]1CCSc1nc(C(=O)O)cs1)CCC(F)=C(F)F. The van der Waals surface area contributed by atoms with Gasteiger partial charge in [0.05, 0.1) is 5.60 Å². The lowest BCUT2D eigenvalue weighted by atomic mass is 9.90. The normalized spacial score (nSPS) is 20.6. The first-order chi connectivity index (χ1) is 14.1. The first-order valence-corrected chi connectivity index (χ1v) is 11.1. The van der Waals surface area contributed by atoms with Crippen molar-refractivity contribution in [1.29, 1.82) is 0 Å². The van der Waals surface area contributed by atoms with Gasteiger partial charge in [0.2, 0.25) is 0 Å². The number of aromatic nitrogens is 1. The first-order valence-electron chi connectivity index (χ1n) is 9.21. The maximum Gasteiger partial charge on any atom is 0.355 e. The average Bonchev–Trinajstić information content (AvgIpc) is 3.28. The molecule has 1 aromatic rings. The molecule has 1 aliphatic rings. The molecule has 10 heteroatoms. The third-order valence-electron chi connectivity index (χ3n) is 4.67. The van der Waals surface area contributed by atoms with E-state index in [1.165, 1.54) is 41.5 Å². The van der Waals surface area contributed by atoms with E-state index in [0.29, 0.717) is 16.5 Å². The zero-order valence-electron chi connectivity index (χ0n) is 16.2. The Morgan fingerprint density at radius 1 is 1.40 bits per heavy atom. The number of halogens is 3. The number of ketones is 1. The number of carbonyl (C=O) groups is 2. The number of carboxylic acid groups (broad SMARTS) is 1. The lowest BCUT2D eigenvalue weighted by Gasteiger charge is -2.21. The van der Waals surface area contributed by atoms with Gasteiger partial charge in [0.25, 0.3) is 0 Å². The largest absolute Gasteiger partial charge is 0.476 e. The summed E-state index contributed by atoms with van der Waals surface area (Å²) in [7, 11) is 0. The van der Waals surface area contributed by atoms with Crippen LogP contribution in [0.1, 0.15) is 43.1 Å². The molecule has 0 saturated heterocycles. The highest BCUT2D eigenvalue weighted by atomic mass is 32.2. The third kappa shape index (κ3) is 7.41. The fraction of sp³-hybridized carbons (Fsp3) is 0.450. The van der Waals surface area contributed by atoms with E-state index in [1.807, 2.05) is 0 Å². The Morgan fingerprint density at radius 2 is 2.13 bits per heavy atom. The Kier molecular flexibility index (Phi) is 8.87. The molecule has 0 bridgehead atoms. The van der Waals surface area contributed by atoms with Gasteiger partial charge in [-0.3, -0.25) is 4.79 Å². The van der Waals surface area contributed by atoms with E-state index in [1.54, 1.807) is 18.2 Å². The number of rotatable bonds is 11. The fourth-order valence-corrected chi connectivity index (χ4v) is 4.83. The summed E-state index contributed by atoms with van der Waals surface area (Å²) in [6.07, 6.45) is 4.42. The third-order valence-corrected chi connectivity index (χ3v) is 6.73. The summed E-state index contributed by atoms with van der Waals surface area (Å²) < 4.78 is 37.8. The van der Waals surface area contributed by atoms with Crippen LogP contribution >= 0.6 is 23.1 Å². The quantitative estimate of drug-likeness (QED) is 0.346. The van der Waals surface area contributed by atoms with Crippen LogP contribution in [-0.4, -0.2) is 38.3 Å². The average molecular weight is 462 g/mol. The van der Waals surface area contributed by atoms with Gasteiger partial charge in [-0.15, -0.1) is 11.3 Å². The minimum Gasteiger partial charge on any atom is -0.476 e. The van der Waals surface area contributed by atoms with Gasteiger partial charge in [-0.2, -0.15) is 8.78 Å². The Labute approximate surface area is 180 Å². The second kappa shape index (κ2) is 10.9.